The largest absolute Gasteiger partial charge is 0.469 e. The number of aromatic nitrogens is 1. The molecule has 26 heavy (non-hydrogen) atoms. The number of carbonyl (C=O) groups is 3. The molecule has 0 unspecified atom stereocenters. The van der Waals surface area contributed by atoms with Crippen LogP contribution < -0.4 is 10.6 Å². The van der Waals surface area contributed by atoms with Crippen LogP contribution in [-0.2, 0) is 14.3 Å². The number of nitrogens with zero attached hydrogens (tertiary/aromatic N) is 1. The average Bonchev–Trinajstić information content (AvgIpc) is 3.02. The summed E-state index contributed by atoms with van der Waals surface area (Å²) in [5.74, 6) is -0.751. The van der Waals surface area contributed by atoms with Crippen LogP contribution in [0.1, 0.15) is 69.0 Å². The van der Waals surface area contributed by atoms with Crippen molar-refractivity contribution in [3.63, 3.8) is 0 Å². The minimum Gasteiger partial charge on any atom is -0.469 e. The molecule has 0 aliphatic rings. The van der Waals surface area contributed by atoms with Gasteiger partial charge in [0.15, 0.2) is 0 Å². The molecular weight excluding hydrogens is 358 g/mol. The van der Waals surface area contributed by atoms with E-state index < -0.39 is 17.7 Å². The molecule has 0 fully saturated rings. The van der Waals surface area contributed by atoms with E-state index in [-0.39, 0.29) is 30.0 Å². The van der Waals surface area contributed by atoms with E-state index in [2.05, 4.69) is 20.4 Å². The van der Waals surface area contributed by atoms with Crippen molar-refractivity contribution < 1.29 is 23.9 Å². The molecule has 1 rings (SSSR count). The third-order valence-corrected chi connectivity index (χ3v) is 4.35. The maximum atomic E-state index is 12.3. The Morgan fingerprint density at radius 3 is 2.46 bits per heavy atom. The van der Waals surface area contributed by atoms with Gasteiger partial charge in [-0.3, -0.25) is 9.59 Å². The Labute approximate surface area is 157 Å². The van der Waals surface area contributed by atoms with Crippen LogP contribution in [0.15, 0.2) is 5.38 Å². The Balaban J connectivity index is 2.66. The number of alkyl carbamates (subject to hydrolysis) is 1. The minimum atomic E-state index is -0.591. The Morgan fingerprint density at radius 2 is 1.92 bits per heavy atom. The molecule has 146 valence electrons. The zero-order chi connectivity index (χ0) is 19.9. The van der Waals surface area contributed by atoms with Crippen LogP contribution in [0.3, 0.4) is 0 Å². The molecule has 0 spiro atoms. The Bertz CT molecular complexity index is 639. The van der Waals surface area contributed by atoms with E-state index >= 15 is 0 Å². The lowest BCUT2D eigenvalue weighted by atomic mass is 10.1. The lowest BCUT2D eigenvalue weighted by Crippen LogP contribution is -2.36. The van der Waals surface area contributed by atoms with E-state index in [0.717, 1.165) is 0 Å². The van der Waals surface area contributed by atoms with Gasteiger partial charge in [-0.05, 0) is 34.1 Å². The molecular formula is C17H27N3O5S. The van der Waals surface area contributed by atoms with Gasteiger partial charge < -0.3 is 20.1 Å². The number of hydrogen-bond acceptors (Lipinski definition) is 7. The number of ether oxygens (including phenoxy) is 2. The average molecular weight is 385 g/mol. The van der Waals surface area contributed by atoms with E-state index in [1.54, 1.807) is 33.1 Å². The van der Waals surface area contributed by atoms with Crippen molar-refractivity contribution in [2.75, 3.05) is 7.11 Å². The van der Waals surface area contributed by atoms with Crippen molar-refractivity contribution in [3.05, 3.63) is 16.1 Å². The quantitative estimate of drug-likeness (QED) is 0.699. The van der Waals surface area contributed by atoms with Crippen LogP contribution in [0, 0.1) is 0 Å². The van der Waals surface area contributed by atoms with Gasteiger partial charge in [-0.1, -0.05) is 6.92 Å². The van der Waals surface area contributed by atoms with Gasteiger partial charge in [0, 0.05) is 11.4 Å². The summed E-state index contributed by atoms with van der Waals surface area (Å²) in [7, 11) is 1.31. The smallest absolute Gasteiger partial charge is 0.408 e. The molecule has 1 aromatic heterocycles. The normalized spacial score (nSPS) is 13.5. The number of hydrogen-bond donors (Lipinski definition) is 2. The zero-order valence-electron chi connectivity index (χ0n) is 16.0. The molecule has 0 saturated carbocycles. The van der Waals surface area contributed by atoms with E-state index in [9.17, 15) is 14.4 Å². The first-order valence-electron chi connectivity index (χ1n) is 8.38. The summed E-state index contributed by atoms with van der Waals surface area (Å²) in [6.07, 6.45) is 0.149. The maximum absolute atomic E-state index is 12.3. The lowest BCUT2D eigenvalue weighted by Gasteiger charge is -2.21. The Kier molecular flexibility index (Phi) is 8.01. The van der Waals surface area contributed by atoms with Gasteiger partial charge >= 0.3 is 12.1 Å². The van der Waals surface area contributed by atoms with E-state index in [0.29, 0.717) is 11.4 Å². The summed E-state index contributed by atoms with van der Waals surface area (Å²) in [5.41, 5.74) is -0.349. The summed E-state index contributed by atoms with van der Waals surface area (Å²) in [4.78, 5) is 39.7. The van der Waals surface area contributed by atoms with Gasteiger partial charge in [-0.15, -0.1) is 11.3 Å². The van der Waals surface area contributed by atoms with Gasteiger partial charge in [0.25, 0.3) is 5.91 Å². The fourth-order valence-corrected chi connectivity index (χ4v) is 2.78. The number of thiazole rings is 1. The fourth-order valence-electron chi connectivity index (χ4n) is 1.98. The molecule has 8 nitrogen and oxygen atoms in total. The second-order valence-corrected chi connectivity index (χ2v) is 7.69. The highest BCUT2D eigenvalue weighted by molar-refractivity contribution is 7.09. The summed E-state index contributed by atoms with van der Waals surface area (Å²) in [5, 5.41) is 7.65. The van der Waals surface area contributed by atoms with Crippen molar-refractivity contribution in [2.24, 2.45) is 0 Å². The van der Waals surface area contributed by atoms with Crippen molar-refractivity contribution in [1.29, 1.82) is 0 Å². The van der Waals surface area contributed by atoms with E-state index in [4.69, 9.17) is 4.74 Å². The molecule has 0 aliphatic carbocycles. The predicted octanol–water partition coefficient (Wildman–Crippen LogP) is 2.80. The van der Waals surface area contributed by atoms with Crippen molar-refractivity contribution in [3.8, 4) is 0 Å². The number of amides is 2. The van der Waals surface area contributed by atoms with Crippen LogP contribution in [-0.4, -0.2) is 41.7 Å². The summed E-state index contributed by atoms with van der Waals surface area (Å²) >= 11 is 1.27. The van der Waals surface area contributed by atoms with Crippen molar-refractivity contribution in [1.82, 2.24) is 15.6 Å². The fraction of sp³-hybridized carbons (Fsp3) is 0.647. The monoisotopic (exact) mass is 385 g/mol. The third-order valence-electron chi connectivity index (χ3n) is 3.33. The first-order valence-corrected chi connectivity index (χ1v) is 9.26. The predicted molar refractivity (Wildman–Crippen MR) is 98.1 cm³/mol. The molecule has 0 aliphatic heterocycles. The molecule has 2 N–H and O–H groups in total. The molecule has 0 bridgehead atoms. The van der Waals surface area contributed by atoms with Gasteiger partial charge in [0.05, 0.1) is 19.6 Å². The van der Waals surface area contributed by atoms with Crippen LogP contribution >= 0.6 is 11.3 Å². The number of rotatable bonds is 7. The highest BCUT2D eigenvalue weighted by atomic mass is 32.1. The SMILES string of the molecule is CC[C@H](CC(=O)OC)NC(=O)c1csc([C@H](C)NC(=O)OC(C)(C)C)n1. The topological polar surface area (TPSA) is 107 Å². The number of carbonyl (C=O) groups excluding carboxylic acids is 3. The standard InChI is InChI=1S/C17H27N3O5S/c1-7-11(8-13(21)24-6)19-14(22)12-9-26-15(20-12)10(2)18-16(23)25-17(3,4)5/h9-11H,7-8H2,1-6H3,(H,18,23)(H,19,22)/t10-,11+/m0/s1. The van der Waals surface area contributed by atoms with Crippen LogP contribution in [0.25, 0.3) is 0 Å². The van der Waals surface area contributed by atoms with Gasteiger partial charge in [-0.25, -0.2) is 9.78 Å². The number of esters is 1. The zero-order valence-corrected chi connectivity index (χ0v) is 16.9. The second-order valence-electron chi connectivity index (χ2n) is 6.80. The number of nitrogens with one attached hydrogen (secondary N) is 2. The molecule has 0 saturated heterocycles. The summed E-state index contributed by atoms with van der Waals surface area (Å²) < 4.78 is 9.82. The summed E-state index contributed by atoms with van der Waals surface area (Å²) in [6, 6.07) is -0.717. The Hall–Kier alpha value is -2.16. The maximum Gasteiger partial charge on any atom is 0.408 e. The van der Waals surface area contributed by atoms with Gasteiger partial charge in [0.1, 0.15) is 16.3 Å². The van der Waals surface area contributed by atoms with Gasteiger partial charge in [0.2, 0.25) is 0 Å². The molecule has 9 heteroatoms. The minimum absolute atomic E-state index is 0.104. The molecule has 0 radical (unpaired) electrons. The number of methoxy groups -OCH3 is 1. The molecule has 1 heterocycles. The third kappa shape index (κ3) is 7.38. The van der Waals surface area contributed by atoms with E-state index in [1.165, 1.54) is 18.4 Å². The van der Waals surface area contributed by atoms with Crippen LogP contribution in [0.2, 0.25) is 0 Å². The second kappa shape index (κ2) is 9.51. The first-order chi connectivity index (χ1) is 12.1. The first kappa shape index (κ1) is 21.9. The van der Waals surface area contributed by atoms with Crippen LogP contribution in [0.4, 0.5) is 4.79 Å². The molecule has 0 aromatic carbocycles. The molecule has 2 atom stereocenters. The van der Waals surface area contributed by atoms with Gasteiger partial charge in [-0.2, -0.15) is 0 Å². The summed E-state index contributed by atoms with van der Waals surface area (Å²) in [6.45, 7) is 8.97. The van der Waals surface area contributed by atoms with Crippen molar-refractivity contribution >= 4 is 29.3 Å². The highest BCUT2D eigenvalue weighted by Crippen LogP contribution is 2.19. The molecule has 1 aromatic rings. The Morgan fingerprint density at radius 1 is 1.27 bits per heavy atom. The van der Waals surface area contributed by atoms with Crippen LogP contribution in [0.5, 0.6) is 0 Å². The molecule has 2 amide bonds. The highest BCUT2D eigenvalue weighted by Gasteiger charge is 2.22. The van der Waals surface area contributed by atoms with Crippen molar-refractivity contribution in [2.45, 2.75) is 65.1 Å². The van der Waals surface area contributed by atoms with E-state index in [1.807, 2.05) is 6.92 Å². The lowest BCUT2D eigenvalue weighted by molar-refractivity contribution is -0.141.